The van der Waals surface area contributed by atoms with Crippen LogP contribution in [0.3, 0.4) is 0 Å². The highest BCUT2D eigenvalue weighted by Gasteiger charge is 2.27. The third kappa shape index (κ3) is 4.29. The molecule has 0 bridgehead atoms. The van der Waals surface area contributed by atoms with Gasteiger partial charge in [-0.1, -0.05) is 6.92 Å². The van der Waals surface area contributed by atoms with Gasteiger partial charge in [0.25, 0.3) is 0 Å². The average molecular weight is 291 g/mol. The van der Waals surface area contributed by atoms with E-state index in [9.17, 15) is 4.79 Å². The number of nitrogens with zero attached hydrogens (tertiary/aromatic N) is 1. The van der Waals surface area contributed by atoms with Gasteiger partial charge in [0.1, 0.15) is 5.75 Å². The number of Topliss-reactive ketones (excluding diaryl/α,β-unsaturated/α-hetero) is 1. The number of hydrogen-bond acceptors (Lipinski definition) is 4. The summed E-state index contributed by atoms with van der Waals surface area (Å²) >= 11 is 0. The van der Waals surface area contributed by atoms with Crippen molar-refractivity contribution >= 4 is 5.78 Å². The molecule has 21 heavy (non-hydrogen) atoms. The zero-order valence-electron chi connectivity index (χ0n) is 13.2. The van der Waals surface area contributed by atoms with Gasteiger partial charge in [-0.05, 0) is 50.1 Å². The van der Waals surface area contributed by atoms with Crippen LogP contribution in [-0.4, -0.2) is 50.1 Å². The monoisotopic (exact) mass is 291 g/mol. The first kappa shape index (κ1) is 16.0. The number of hydrogen-bond donors (Lipinski definition) is 0. The summed E-state index contributed by atoms with van der Waals surface area (Å²) in [6.07, 6.45) is 1.31. The second-order valence-electron chi connectivity index (χ2n) is 5.66. The third-order valence-corrected chi connectivity index (χ3v) is 4.13. The Bertz CT molecular complexity index is 458. The highest BCUT2D eigenvalue weighted by atomic mass is 16.5. The number of carbonyl (C=O) groups is 1. The van der Waals surface area contributed by atoms with E-state index in [0.29, 0.717) is 19.1 Å². The number of methoxy groups -OCH3 is 1. The predicted octanol–water partition coefficient (Wildman–Crippen LogP) is 2.62. The Morgan fingerprint density at radius 2 is 2.05 bits per heavy atom. The molecule has 0 aromatic heterocycles. The predicted molar refractivity (Wildman–Crippen MR) is 83.0 cm³/mol. The van der Waals surface area contributed by atoms with E-state index in [0.717, 1.165) is 30.8 Å². The van der Waals surface area contributed by atoms with E-state index in [1.165, 1.54) is 0 Å². The van der Waals surface area contributed by atoms with Crippen LogP contribution in [0.25, 0.3) is 0 Å². The van der Waals surface area contributed by atoms with Gasteiger partial charge in [0.15, 0.2) is 5.78 Å². The van der Waals surface area contributed by atoms with Gasteiger partial charge in [0, 0.05) is 19.2 Å². The Morgan fingerprint density at radius 3 is 2.67 bits per heavy atom. The largest absolute Gasteiger partial charge is 0.494 e. The zero-order chi connectivity index (χ0) is 15.2. The molecule has 0 radical (unpaired) electrons. The molecule has 1 aliphatic heterocycles. The fourth-order valence-corrected chi connectivity index (χ4v) is 2.75. The minimum absolute atomic E-state index is 0.155. The first-order valence-corrected chi connectivity index (χ1v) is 7.65. The van der Waals surface area contributed by atoms with Crippen molar-refractivity contribution < 1.29 is 14.3 Å². The van der Waals surface area contributed by atoms with Gasteiger partial charge in [-0.25, -0.2) is 0 Å². The highest BCUT2D eigenvalue weighted by molar-refractivity contribution is 5.97. The number of likely N-dealkylation sites (tertiary alicyclic amines) is 1. The maximum atomic E-state index is 12.3. The normalized spacial score (nSPS) is 23.0. The molecule has 0 amide bonds. The molecule has 2 rings (SSSR count). The van der Waals surface area contributed by atoms with Crippen LogP contribution >= 0.6 is 0 Å². The van der Waals surface area contributed by atoms with Gasteiger partial charge < -0.3 is 9.47 Å². The molecular weight excluding hydrogens is 266 g/mol. The molecular formula is C17H25NO3. The Balaban J connectivity index is 1.91. The van der Waals surface area contributed by atoms with Crippen molar-refractivity contribution in [2.24, 2.45) is 5.92 Å². The minimum Gasteiger partial charge on any atom is -0.494 e. The van der Waals surface area contributed by atoms with E-state index in [1.54, 1.807) is 7.11 Å². The van der Waals surface area contributed by atoms with Crippen molar-refractivity contribution in [1.82, 2.24) is 4.90 Å². The van der Waals surface area contributed by atoms with Crippen molar-refractivity contribution in [2.75, 3.05) is 33.4 Å². The van der Waals surface area contributed by atoms with Crippen LogP contribution in [0.2, 0.25) is 0 Å². The SMILES string of the molecule is CCOc1ccc(C(=O)CN2CCC(C)C(OC)C2)cc1. The molecule has 1 heterocycles. The molecule has 2 atom stereocenters. The second kappa shape index (κ2) is 7.57. The van der Waals surface area contributed by atoms with Crippen molar-refractivity contribution in [3.63, 3.8) is 0 Å². The summed E-state index contributed by atoms with van der Waals surface area (Å²) in [5, 5.41) is 0. The molecule has 0 spiro atoms. The van der Waals surface area contributed by atoms with Crippen LogP contribution in [0, 0.1) is 5.92 Å². The number of ether oxygens (including phenoxy) is 2. The standard InChI is InChI=1S/C17H25NO3/c1-4-21-15-7-5-14(6-8-15)16(19)11-18-10-9-13(2)17(12-18)20-3/h5-8,13,17H,4,9-12H2,1-3H3. The number of rotatable bonds is 6. The van der Waals surface area contributed by atoms with Crippen LogP contribution < -0.4 is 4.74 Å². The van der Waals surface area contributed by atoms with E-state index < -0.39 is 0 Å². The van der Waals surface area contributed by atoms with E-state index in [-0.39, 0.29) is 11.9 Å². The summed E-state index contributed by atoms with van der Waals surface area (Å²) in [6, 6.07) is 7.39. The summed E-state index contributed by atoms with van der Waals surface area (Å²) in [6.45, 7) is 7.05. The van der Waals surface area contributed by atoms with E-state index >= 15 is 0 Å². The van der Waals surface area contributed by atoms with Crippen molar-refractivity contribution in [3.05, 3.63) is 29.8 Å². The summed E-state index contributed by atoms with van der Waals surface area (Å²) in [7, 11) is 1.75. The highest BCUT2D eigenvalue weighted by Crippen LogP contribution is 2.20. The van der Waals surface area contributed by atoms with Crippen LogP contribution in [0.5, 0.6) is 5.75 Å². The molecule has 1 aromatic carbocycles. The fraction of sp³-hybridized carbons (Fsp3) is 0.588. The van der Waals surface area contributed by atoms with Gasteiger partial charge in [-0.15, -0.1) is 0 Å². The lowest BCUT2D eigenvalue weighted by Gasteiger charge is -2.35. The van der Waals surface area contributed by atoms with Gasteiger partial charge in [-0.2, -0.15) is 0 Å². The lowest BCUT2D eigenvalue weighted by atomic mass is 9.95. The van der Waals surface area contributed by atoms with E-state index in [1.807, 2.05) is 31.2 Å². The molecule has 2 unspecified atom stereocenters. The molecule has 0 saturated carbocycles. The third-order valence-electron chi connectivity index (χ3n) is 4.13. The Kier molecular flexibility index (Phi) is 5.76. The van der Waals surface area contributed by atoms with Gasteiger partial charge in [-0.3, -0.25) is 9.69 Å². The van der Waals surface area contributed by atoms with Gasteiger partial charge in [0.05, 0.1) is 19.3 Å². The van der Waals surface area contributed by atoms with Gasteiger partial charge >= 0.3 is 0 Å². The summed E-state index contributed by atoms with van der Waals surface area (Å²) in [5.74, 6) is 1.52. The summed E-state index contributed by atoms with van der Waals surface area (Å²) < 4.78 is 10.9. The summed E-state index contributed by atoms with van der Waals surface area (Å²) in [4.78, 5) is 14.5. The maximum Gasteiger partial charge on any atom is 0.176 e. The lowest BCUT2D eigenvalue weighted by molar-refractivity contribution is -0.00324. The lowest BCUT2D eigenvalue weighted by Crippen LogP contribution is -2.45. The van der Waals surface area contributed by atoms with Crippen LogP contribution in [0.1, 0.15) is 30.6 Å². The molecule has 1 aliphatic rings. The zero-order valence-corrected chi connectivity index (χ0v) is 13.2. The summed E-state index contributed by atoms with van der Waals surface area (Å²) in [5.41, 5.74) is 0.742. The number of ketones is 1. The Morgan fingerprint density at radius 1 is 1.33 bits per heavy atom. The number of benzene rings is 1. The molecule has 4 nitrogen and oxygen atoms in total. The molecule has 116 valence electrons. The Hall–Kier alpha value is -1.39. The van der Waals surface area contributed by atoms with Gasteiger partial charge in [0.2, 0.25) is 0 Å². The minimum atomic E-state index is 0.155. The molecule has 4 heteroatoms. The maximum absolute atomic E-state index is 12.3. The van der Waals surface area contributed by atoms with Crippen molar-refractivity contribution in [3.8, 4) is 5.75 Å². The van der Waals surface area contributed by atoms with E-state index in [4.69, 9.17) is 9.47 Å². The fourth-order valence-electron chi connectivity index (χ4n) is 2.75. The topological polar surface area (TPSA) is 38.8 Å². The molecule has 0 aliphatic carbocycles. The quantitative estimate of drug-likeness (QED) is 0.755. The average Bonchev–Trinajstić information content (AvgIpc) is 2.50. The Labute approximate surface area is 127 Å². The molecule has 1 fully saturated rings. The van der Waals surface area contributed by atoms with Crippen LogP contribution in [-0.2, 0) is 4.74 Å². The second-order valence-corrected chi connectivity index (χ2v) is 5.66. The van der Waals surface area contributed by atoms with Crippen molar-refractivity contribution in [2.45, 2.75) is 26.4 Å². The number of carbonyl (C=O) groups excluding carboxylic acids is 1. The smallest absolute Gasteiger partial charge is 0.176 e. The molecule has 1 saturated heterocycles. The van der Waals surface area contributed by atoms with Crippen LogP contribution in [0.15, 0.2) is 24.3 Å². The number of piperidine rings is 1. The first-order valence-electron chi connectivity index (χ1n) is 7.65. The first-order chi connectivity index (χ1) is 10.1. The van der Waals surface area contributed by atoms with Crippen LogP contribution in [0.4, 0.5) is 0 Å². The van der Waals surface area contributed by atoms with E-state index in [2.05, 4.69) is 11.8 Å². The molecule has 0 N–H and O–H groups in total. The van der Waals surface area contributed by atoms with Crippen molar-refractivity contribution in [1.29, 1.82) is 0 Å². The molecule has 1 aromatic rings.